The van der Waals surface area contributed by atoms with Crippen molar-refractivity contribution in [2.24, 2.45) is 0 Å². The molecule has 0 spiro atoms. The molecule has 0 aromatic carbocycles. The first-order valence-electron chi connectivity index (χ1n) is 7.68. The Labute approximate surface area is 119 Å². The summed E-state index contributed by atoms with van der Waals surface area (Å²) in [5.74, 6) is 0.225. The highest BCUT2D eigenvalue weighted by Gasteiger charge is 2.08. The highest BCUT2D eigenvalue weighted by Crippen LogP contribution is 2.04. The van der Waals surface area contributed by atoms with Crippen molar-refractivity contribution in [3.63, 3.8) is 0 Å². The molecular formula is C14H32N2O2S. The highest BCUT2D eigenvalue weighted by atomic mass is 32.2. The first kappa shape index (κ1) is 18.9. The molecule has 116 valence electrons. The summed E-state index contributed by atoms with van der Waals surface area (Å²) >= 11 is 0. The van der Waals surface area contributed by atoms with E-state index in [1.54, 1.807) is 0 Å². The number of nitrogens with one attached hydrogen (secondary N) is 2. The summed E-state index contributed by atoms with van der Waals surface area (Å²) in [6.07, 6.45) is 7.76. The number of unbranched alkanes of at least 4 members (excludes halogenated alkanes) is 5. The predicted molar refractivity (Wildman–Crippen MR) is 82.9 cm³/mol. The van der Waals surface area contributed by atoms with E-state index in [1.165, 1.54) is 25.7 Å². The van der Waals surface area contributed by atoms with Crippen LogP contribution in [0.25, 0.3) is 0 Å². The lowest BCUT2D eigenvalue weighted by Crippen LogP contribution is -2.30. The van der Waals surface area contributed by atoms with E-state index >= 15 is 0 Å². The van der Waals surface area contributed by atoms with Gasteiger partial charge < -0.3 is 5.32 Å². The monoisotopic (exact) mass is 292 g/mol. The molecule has 0 bridgehead atoms. The largest absolute Gasteiger partial charge is 0.314 e. The second-order valence-electron chi connectivity index (χ2n) is 5.44. The van der Waals surface area contributed by atoms with Gasteiger partial charge in [-0.05, 0) is 19.4 Å². The van der Waals surface area contributed by atoms with Gasteiger partial charge in [-0.3, -0.25) is 0 Å². The average molecular weight is 292 g/mol. The van der Waals surface area contributed by atoms with Crippen LogP contribution in [0.5, 0.6) is 0 Å². The Morgan fingerprint density at radius 2 is 1.53 bits per heavy atom. The Morgan fingerprint density at radius 3 is 2.16 bits per heavy atom. The standard InChI is InChI=1S/C14H32N2O2S/c1-4-5-6-7-8-9-12-16-19(17,18)13-10-11-15-14(2)3/h14-16H,4-13H2,1-3H3. The van der Waals surface area contributed by atoms with Crippen molar-refractivity contribution in [3.8, 4) is 0 Å². The Balaban J connectivity index is 3.46. The molecule has 0 radical (unpaired) electrons. The van der Waals surface area contributed by atoms with Gasteiger partial charge in [0.15, 0.2) is 0 Å². The van der Waals surface area contributed by atoms with E-state index in [1.807, 2.05) is 0 Å². The molecule has 4 nitrogen and oxygen atoms in total. The lowest BCUT2D eigenvalue weighted by molar-refractivity contribution is 0.554. The summed E-state index contributed by atoms with van der Waals surface area (Å²) in [4.78, 5) is 0. The van der Waals surface area contributed by atoms with Crippen molar-refractivity contribution in [1.82, 2.24) is 10.0 Å². The molecule has 0 aliphatic rings. The van der Waals surface area contributed by atoms with Gasteiger partial charge in [0.25, 0.3) is 0 Å². The van der Waals surface area contributed by atoms with Crippen LogP contribution in [0.15, 0.2) is 0 Å². The van der Waals surface area contributed by atoms with Gasteiger partial charge in [0, 0.05) is 12.6 Å². The molecule has 0 heterocycles. The van der Waals surface area contributed by atoms with E-state index < -0.39 is 10.0 Å². The van der Waals surface area contributed by atoms with Crippen molar-refractivity contribution in [1.29, 1.82) is 0 Å². The minimum Gasteiger partial charge on any atom is -0.314 e. The number of sulfonamides is 1. The Bertz CT molecular complexity index is 290. The Morgan fingerprint density at radius 1 is 0.895 bits per heavy atom. The SMILES string of the molecule is CCCCCCCCNS(=O)(=O)CCCNC(C)C. The quantitative estimate of drug-likeness (QED) is 0.513. The maximum Gasteiger partial charge on any atom is 0.211 e. The molecule has 0 saturated heterocycles. The Kier molecular flexibility index (Phi) is 11.6. The van der Waals surface area contributed by atoms with Crippen molar-refractivity contribution in [2.45, 2.75) is 71.8 Å². The third kappa shape index (κ3) is 14.1. The maximum absolute atomic E-state index is 11.7. The summed E-state index contributed by atoms with van der Waals surface area (Å²) < 4.78 is 26.0. The molecule has 0 aromatic rings. The van der Waals surface area contributed by atoms with E-state index in [-0.39, 0.29) is 5.75 Å². The fraction of sp³-hybridized carbons (Fsp3) is 1.00. The molecule has 0 rings (SSSR count). The average Bonchev–Trinajstić information content (AvgIpc) is 2.33. The minimum atomic E-state index is -3.07. The van der Waals surface area contributed by atoms with Crippen molar-refractivity contribution >= 4 is 10.0 Å². The lowest BCUT2D eigenvalue weighted by Gasteiger charge is -2.09. The van der Waals surface area contributed by atoms with Gasteiger partial charge in [-0.25, -0.2) is 13.1 Å². The number of hydrogen-bond acceptors (Lipinski definition) is 3. The van der Waals surface area contributed by atoms with E-state index in [0.29, 0.717) is 19.0 Å². The third-order valence-corrected chi connectivity index (χ3v) is 4.46. The molecule has 0 atom stereocenters. The van der Waals surface area contributed by atoms with Crippen LogP contribution < -0.4 is 10.0 Å². The van der Waals surface area contributed by atoms with Gasteiger partial charge >= 0.3 is 0 Å². The molecule has 0 saturated carbocycles. The molecule has 0 unspecified atom stereocenters. The molecule has 0 amide bonds. The van der Waals surface area contributed by atoms with Crippen LogP contribution in [0.3, 0.4) is 0 Å². The van der Waals surface area contributed by atoms with Crippen LogP contribution in [0.4, 0.5) is 0 Å². The van der Waals surface area contributed by atoms with Gasteiger partial charge in [0.1, 0.15) is 0 Å². The summed E-state index contributed by atoms with van der Waals surface area (Å²) in [7, 11) is -3.07. The minimum absolute atomic E-state index is 0.225. The molecule has 0 aromatic heterocycles. The van der Waals surface area contributed by atoms with E-state index in [9.17, 15) is 8.42 Å². The van der Waals surface area contributed by atoms with Crippen molar-refractivity contribution in [3.05, 3.63) is 0 Å². The number of hydrogen-bond donors (Lipinski definition) is 2. The zero-order chi connectivity index (χ0) is 14.6. The zero-order valence-electron chi connectivity index (χ0n) is 12.9. The lowest BCUT2D eigenvalue weighted by atomic mass is 10.1. The molecule has 2 N–H and O–H groups in total. The summed E-state index contributed by atoms with van der Waals surface area (Å²) in [5, 5.41) is 3.22. The number of rotatable bonds is 13. The van der Waals surface area contributed by atoms with Gasteiger partial charge in [-0.2, -0.15) is 0 Å². The first-order chi connectivity index (χ1) is 8.98. The van der Waals surface area contributed by atoms with Crippen LogP contribution in [0, 0.1) is 0 Å². The molecule has 5 heteroatoms. The van der Waals surface area contributed by atoms with Gasteiger partial charge in [0.05, 0.1) is 5.75 Å². The van der Waals surface area contributed by atoms with Gasteiger partial charge in [-0.15, -0.1) is 0 Å². The van der Waals surface area contributed by atoms with Gasteiger partial charge in [-0.1, -0.05) is 52.9 Å². The van der Waals surface area contributed by atoms with Gasteiger partial charge in [0.2, 0.25) is 10.0 Å². The second kappa shape index (κ2) is 11.7. The topological polar surface area (TPSA) is 58.2 Å². The van der Waals surface area contributed by atoms with Crippen molar-refractivity contribution in [2.75, 3.05) is 18.8 Å². The summed E-state index contributed by atoms with van der Waals surface area (Å²) in [6, 6.07) is 0.416. The third-order valence-electron chi connectivity index (χ3n) is 2.99. The molecule has 19 heavy (non-hydrogen) atoms. The van der Waals surface area contributed by atoms with Crippen molar-refractivity contribution < 1.29 is 8.42 Å². The Hall–Kier alpha value is -0.130. The highest BCUT2D eigenvalue weighted by molar-refractivity contribution is 7.89. The van der Waals surface area contributed by atoms with E-state index in [2.05, 4.69) is 30.8 Å². The normalized spacial score (nSPS) is 12.2. The van der Waals surface area contributed by atoms with E-state index in [0.717, 1.165) is 19.4 Å². The fourth-order valence-corrected chi connectivity index (χ4v) is 2.98. The predicted octanol–water partition coefficient (Wildman–Crippen LogP) is 2.65. The smallest absolute Gasteiger partial charge is 0.211 e. The van der Waals surface area contributed by atoms with Crippen LogP contribution in [0.2, 0.25) is 0 Å². The molecule has 0 fully saturated rings. The van der Waals surface area contributed by atoms with Crippen LogP contribution in [-0.4, -0.2) is 33.3 Å². The maximum atomic E-state index is 11.7. The summed E-state index contributed by atoms with van der Waals surface area (Å²) in [5.41, 5.74) is 0. The van der Waals surface area contributed by atoms with Crippen LogP contribution in [0.1, 0.15) is 65.7 Å². The second-order valence-corrected chi connectivity index (χ2v) is 7.37. The molecule has 0 aliphatic heterocycles. The molecule has 0 aliphatic carbocycles. The summed E-state index contributed by atoms with van der Waals surface area (Å²) in [6.45, 7) is 7.67. The zero-order valence-corrected chi connectivity index (χ0v) is 13.7. The first-order valence-corrected chi connectivity index (χ1v) is 9.34. The fourth-order valence-electron chi connectivity index (χ4n) is 1.86. The van der Waals surface area contributed by atoms with E-state index in [4.69, 9.17) is 0 Å². The van der Waals surface area contributed by atoms with Crippen LogP contribution >= 0.6 is 0 Å². The van der Waals surface area contributed by atoms with Crippen LogP contribution in [-0.2, 0) is 10.0 Å². The molecular weight excluding hydrogens is 260 g/mol.